The third-order valence-electron chi connectivity index (χ3n) is 3.90. The SMILES string of the molecule is CC1C/C=C/CCC(N)C1N(C(=O)O)c1ccccc1. The minimum atomic E-state index is -0.937. The molecule has 3 unspecified atom stereocenters. The molecule has 1 aromatic carbocycles. The molecule has 0 heterocycles. The third kappa shape index (κ3) is 3.20. The van der Waals surface area contributed by atoms with Gasteiger partial charge >= 0.3 is 6.09 Å². The van der Waals surface area contributed by atoms with Crippen LogP contribution in [0.2, 0.25) is 0 Å². The van der Waals surface area contributed by atoms with Crippen molar-refractivity contribution in [1.82, 2.24) is 0 Å². The average molecular weight is 274 g/mol. The van der Waals surface area contributed by atoms with Gasteiger partial charge in [0.2, 0.25) is 0 Å². The lowest BCUT2D eigenvalue weighted by Gasteiger charge is -2.38. The van der Waals surface area contributed by atoms with Crippen LogP contribution in [-0.4, -0.2) is 23.3 Å². The number of hydrogen-bond acceptors (Lipinski definition) is 2. The van der Waals surface area contributed by atoms with E-state index in [0.717, 1.165) is 19.3 Å². The van der Waals surface area contributed by atoms with Gasteiger partial charge in [0.25, 0.3) is 0 Å². The van der Waals surface area contributed by atoms with Gasteiger partial charge in [0.15, 0.2) is 0 Å². The fourth-order valence-corrected chi connectivity index (χ4v) is 2.89. The van der Waals surface area contributed by atoms with E-state index in [0.29, 0.717) is 5.69 Å². The van der Waals surface area contributed by atoms with Crippen LogP contribution in [0.4, 0.5) is 10.5 Å². The van der Waals surface area contributed by atoms with Crippen molar-refractivity contribution in [1.29, 1.82) is 0 Å². The number of anilines is 1. The smallest absolute Gasteiger partial charge is 0.412 e. The predicted molar refractivity (Wildman–Crippen MR) is 80.9 cm³/mol. The summed E-state index contributed by atoms with van der Waals surface area (Å²) in [6, 6.07) is 8.89. The number of nitrogens with two attached hydrogens (primary N) is 1. The Bertz CT molecular complexity index is 473. The maximum Gasteiger partial charge on any atom is 0.412 e. The highest BCUT2D eigenvalue weighted by Crippen LogP contribution is 2.27. The summed E-state index contributed by atoms with van der Waals surface area (Å²) in [5, 5.41) is 9.63. The lowest BCUT2D eigenvalue weighted by molar-refractivity contribution is 0.192. The van der Waals surface area contributed by atoms with Gasteiger partial charge in [0.1, 0.15) is 0 Å². The second-order valence-corrected chi connectivity index (χ2v) is 5.40. The molecular weight excluding hydrogens is 252 g/mol. The highest BCUT2D eigenvalue weighted by atomic mass is 16.4. The first-order valence-electron chi connectivity index (χ1n) is 7.09. The van der Waals surface area contributed by atoms with Crippen LogP contribution >= 0.6 is 0 Å². The number of nitrogens with zero attached hydrogens (tertiary/aromatic N) is 1. The third-order valence-corrected chi connectivity index (χ3v) is 3.90. The van der Waals surface area contributed by atoms with Crippen LogP contribution in [0.25, 0.3) is 0 Å². The van der Waals surface area contributed by atoms with Gasteiger partial charge < -0.3 is 10.8 Å². The van der Waals surface area contributed by atoms with Crippen molar-refractivity contribution < 1.29 is 9.90 Å². The minimum absolute atomic E-state index is 0.147. The highest BCUT2D eigenvalue weighted by Gasteiger charge is 2.34. The number of para-hydroxylation sites is 1. The molecule has 1 aliphatic rings. The van der Waals surface area contributed by atoms with E-state index >= 15 is 0 Å². The molecule has 4 heteroatoms. The number of amides is 1. The van der Waals surface area contributed by atoms with Crippen molar-refractivity contribution >= 4 is 11.8 Å². The maximum atomic E-state index is 11.7. The molecule has 3 atom stereocenters. The number of carboxylic acid groups (broad SMARTS) is 1. The summed E-state index contributed by atoms with van der Waals surface area (Å²) < 4.78 is 0. The lowest BCUT2D eigenvalue weighted by atomic mass is 9.86. The van der Waals surface area contributed by atoms with Gasteiger partial charge in [-0.05, 0) is 37.3 Å². The van der Waals surface area contributed by atoms with Gasteiger partial charge in [-0.3, -0.25) is 4.90 Å². The quantitative estimate of drug-likeness (QED) is 0.814. The van der Waals surface area contributed by atoms with Crippen molar-refractivity contribution in [2.45, 2.75) is 38.3 Å². The number of rotatable bonds is 2. The molecule has 0 aliphatic heterocycles. The Labute approximate surface area is 119 Å². The van der Waals surface area contributed by atoms with Crippen LogP contribution in [0, 0.1) is 5.92 Å². The van der Waals surface area contributed by atoms with Gasteiger partial charge in [-0.2, -0.15) is 0 Å². The molecule has 0 fully saturated rings. The normalized spacial score (nSPS) is 28.2. The van der Waals surface area contributed by atoms with Crippen LogP contribution in [-0.2, 0) is 0 Å². The monoisotopic (exact) mass is 274 g/mol. The molecular formula is C16H22N2O2. The number of benzene rings is 1. The van der Waals surface area contributed by atoms with Crippen molar-refractivity contribution in [2.24, 2.45) is 11.7 Å². The molecule has 1 amide bonds. The van der Waals surface area contributed by atoms with E-state index < -0.39 is 6.09 Å². The van der Waals surface area contributed by atoms with Gasteiger partial charge in [-0.15, -0.1) is 0 Å². The van der Waals surface area contributed by atoms with E-state index in [-0.39, 0.29) is 18.0 Å². The molecule has 3 N–H and O–H groups in total. The zero-order chi connectivity index (χ0) is 14.5. The van der Waals surface area contributed by atoms with E-state index in [9.17, 15) is 9.90 Å². The van der Waals surface area contributed by atoms with E-state index in [1.165, 1.54) is 4.90 Å². The van der Waals surface area contributed by atoms with E-state index in [4.69, 9.17) is 5.73 Å². The predicted octanol–water partition coefficient (Wildman–Crippen LogP) is 3.24. The summed E-state index contributed by atoms with van der Waals surface area (Å²) in [6.45, 7) is 2.07. The Balaban J connectivity index is 2.35. The number of carbonyl (C=O) groups is 1. The molecule has 1 aromatic rings. The Morgan fingerprint density at radius 2 is 2.00 bits per heavy atom. The van der Waals surface area contributed by atoms with E-state index in [1.54, 1.807) is 0 Å². The molecule has 20 heavy (non-hydrogen) atoms. The molecule has 0 radical (unpaired) electrons. The molecule has 1 aliphatic carbocycles. The van der Waals surface area contributed by atoms with Crippen LogP contribution in [0.1, 0.15) is 26.2 Å². The second-order valence-electron chi connectivity index (χ2n) is 5.40. The van der Waals surface area contributed by atoms with Gasteiger partial charge in [0.05, 0.1) is 6.04 Å². The molecule has 2 rings (SSSR count). The Morgan fingerprint density at radius 3 is 2.65 bits per heavy atom. The number of hydrogen-bond donors (Lipinski definition) is 2. The Kier molecular flexibility index (Phi) is 4.79. The van der Waals surface area contributed by atoms with Gasteiger partial charge in [-0.25, -0.2) is 4.79 Å². The van der Waals surface area contributed by atoms with Crippen LogP contribution in [0.15, 0.2) is 42.5 Å². The first-order chi connectivity index (χ1) is 9.61. The van der Waals surface area contributed by atoms with Crippen LogP contribution in [0.5, 0.6) is 0 Å². The average Bonchev–Trinajstić information content (AvgIpc) is 2.42. The number of allylic oxidation sites excluding steroid dienone is 2. The largest absolute Gasteiger partial charge is 0.465 e. The minimum Gasteiger partial charge on any atom is -0.465 e. The Hall–Kier alpha value is -1.81. The molecule has 0 saturated heterocycles. The van der Waals surface area contributed by atoms with Crippen molar-refractivity contribution in [3.63, 3.8) is 0 Å². The summed E-state index contributed by atoms with van der Waals surface area (Å²) in [7, 11) is 0. The van der Waals surface area contributed by atoms with Crippen molar-refractivity contribution in [3.8, 4) is 0 Å². The summed E-state index contributed by atoms with van der Waals surface area (Å²) in [6.07, 6.45) is 5.91. The zero-order valence-corrected chi connectivity index (χ0v) is 11.8. The zero-order valence-electron chi connectivity index (χ0n) is 11.8. The molecule has 4 nitrogen and oxygen atoms in total. The van der Waals surface area contributed by atoms with Gasteiger partial charge in [0, 0.05) is 11.7 Å². The second kappa shape index (κ2) is 6.57. The van der Waals surface area contributed by atoms with E-state index in [1.807, 2.05) is 30.3 Å². The summed E-state index contributed by atoms with van der Waals surface area (Å²) in [5.74, 6) is 0.192. The Morgan fingerprint density at radius 1 is 1.30 bits per heavy atom. The lowest BCUT2D eigenvalue weighted by Crippen LogP contribution is -2.54. The maximum absolute atomic E-state index is 11.7. The molecule has 0 saturated carbocycles. The standard InChI is InChI=1S/C16H22N2O2/c1-12-8-4-2-7-11-14(17)15(12)18(16(19)20)13-9-5-3-6-10-13/h2-6,9-10,12,14-15H,7-8,11,17H2,1H3,(H,19,20)/b4-2+. The fourth-order valence-electron chi connectivity index (χ4n) is 2.89. The molecule has 0 bridgehead atoms. The van der Waals surface area contributed by atoms with Crippen LogP contribution < -0.4 is 10.6 Å². The summed E-state index contributed by atoms with van der Waals surface area (Å²) in [5.41, 5.74) is 6.97. The van der Waals surface area contributed by atoms with Crippen molar-refractivity contribution in [2.75, 3.05) is 4.90 Å². The molecule has 108 valence electrons. The van der Waals surface area contributed by atoms with E-state index in [2.05, 4.69) is 19.1 Å². The molecule has 0 spiro atoms. The molecule has 0 aromatic heterocycles. The van der Waals surface area contributed by atoms with Gasteiger partial charge in [-0.1, -0.05) is 37.3 Å². The summed E-state index contributed by atoms with van der Waals surface area (Å²) >= 11 is 0. The topological polar surface area (TPSA) is 66.6 Å². The van der Waals surface area contributed by atoms with Crippen molar-refractivity contribution in [3.05, 3.63) is 42.5 Å². The first kappa shape index (κ1) is 14.6. The first-order valence-corrected chi connectivity index (χ1v) is 7.09. The van der Waals surface area contributed by atoms with Crippen LogP contribution in [0.3, 0.4) is 0 Å². The highest BCUT2D eigenvalue weighted by molar-refractivity contribution is 5.87. The fraction of sp³-hybridized carbons (Fsp3) is 0.438. The summed E-state index contributed by atoms with van der Waals surface area (Å²) in [4.78, 5) is 13.2.